The first-order chi connectivity index (χ1) is 9.85. The second-order valence-electron chi connectivity index (χ2n) is 7.25. The maximum absolute atomic E-state index is 3.75. The summed E-state index contributed by atoms with van der Waals surface area (Å²) in [6.45, 7) is 10.1. The topological polar surface area (TPSA) is 18.5 Å². The highest BCUT2D eigenvalue weighted by molar-refractivity contribution is 4.87. The number of hydrogen-bond acceptors (Lipinski definition) is 3. The van der Waals surface area contributed by atoms with Crippen LogP contribution in [0.1, 0.15) is 51.9 Å². The zero-order valence-electron chi connectivity index (χ0n) is 13.3. The van der Waals surface area contributed by atoms with Gasteiger partial charge in [-0.1, -0.05) is 13.3 Å². The molecule has 3 rings (SSSR count). The lowest BCUT2D eigenvalue weighted by molar-refractivity contribution is 0.0699. The molecule has 1 heterocycles. The largest absolute Gasteiger partial charge is 0.314 e. The highest BCUT2D eigenvalue weighted by atomic mass is 15.3. The predicted octanol–water partition coefficient (Wildman–Crippen LogP) is 2.32. The summed E-state index contributed by atoms with van der Waals surface area (Å²) in [4.78, 5) is 5.51. The highest BCUT2D eigenvalue weighted by Crippen LogP contribution is 2.30. The molecule has 2 aliphatic carbocycles. The van der Waals surface area contributed by atoms with Crippen LogP contribution in [0.25, 0.3) is 0 Å². The van der Waals surface area contributed by atoms with E-state index in [1.807, 2.05) is 0 Å². The van der Waals surface area contributed by atoms with E-state index in [2.05, 4.69) is 22.0 Å². The van der Waals surface area contributed by atoms with Gasteiger partial charge in [0.05, 0.1) is 0 Å². The molecule has 0 aromatic rings. The van der Waals surface area contributed by atoms with Crippen molar-refractivity contribution in [1.29, 1.82) is 0 Å². The van der Waals surface area contributed by atoms with E-state index in [1.165, 1.54) is 84.2 Å². The van der Waals surface area contributed by atoms with Crippen molar-refractivity contribution in [1.82, 2.24) is 15.1 Å². The minimum Gasteiger partial charge on any atom is -0.314 e. The van der Waals surface area contributed by atoms with Gasteiger partial charge in [-0.2, -0.15) is 0 Å². The summed E-state index contributed by atoms with van der Waals surface area (Å²) in [5.74, 6) is 1.05. The van der Waals surface area contributed by atoms with Gasteiger partial charge in [0.1, 0.15) is 0 Å². The zero-order chi connectivity index (χ0) is 13.8. The lowest BCUT2D eigenvalue weighted by atomic mass is 9.89. The van der Waals surface area contributed by atoms with Crippen molar-refractivity contribution in [2.45, 2.75) is 64.0 Å². The molecule has 1 aliphatic heterocycles. The number of piperazine rings is 1. The Morgan fingerprint density at radius 2 is 1.80 bits per heavy atom. The SMILES string of the molecule is CCCNC1CCCC(N2CCN(CC3CC3)CC2)C1. The van der Waals surface area contributed by atoms with Gasteiger partial charge >= 0.3 is 0 Å². The number of nitrogens with one attached hydrogen (secondary N) is 1. The lowest BCUT2D eigenvalue weighted by Crippen LogP contribution is -2.53. The first kappa shape index (κ1) is 14.8. The van der Waals surface area contributed by atoms with Crippen molar-refractivity contribution < 1.29 is 0 Å². The van der Waals surface area contributed by atoms with Crippen LogP contribution in [0.2, 0.25) is 0 Å². The summed E-state index contributed by atoms with van der Waals surface area (Å²) in [5, 5.41) is 3.75. The summed E-state index contributed by atoms with van der Waals surface area (Å²) in [7, 11) is 0. The summed E-state index contributed by atoms with van der Waals surface area (Å²) in [6.07, 6.45) is 9.91. The quantitative estimate of drug-likeness (QED) is 0.805. The van der Waals surface area contributed by atoms with Crippen LogP contribution >= 0.6 is 0 Å². The molecule has 3 heteroatoms. The van der Waals surface area contributed by atoms with Gasteiger partial charge in [-0.15, -0.1) is 0 Å². The molecule has 3 nitrogen and oxygen atoms in total. The molecule has 3 aliphatic rings. The van der Waals surface area contributed by atoms with Crippen molar-refractivity contribution in [2.75, 3.05) is 39.3 Å². The van der Waals surface area contributed by atoms with Crippen LogP contribution in [0, 0.1) is 5.92 Å². The fourth-order valence-electron chi connectivity index (χ4n) is 4.01. The van der Waals surface area contributed by atoms with Crippen molar-refractivity contribution >= 4 is 0 Å². The third-order valence-electron chi connectivity index (χ3n) is 5.47. The third-order valence-corrected chi connectivity index (χ3v) is 5.47. The lowest BCUT2D eigenvalue weighted by Gasteiger charge is -2.42. The van der Waals surface area contributed by atoms with Crippen LogP contribution in [0.3, 0.4) is 0 Å². The molecule has 2 unspecified atom stereocenters. The normalized spacial score (nSPS) is 33.5. The van der Waals surface area contributed by atoms with E-state index in [-0.39, 0.29) is 0 Å². The number of rotatable bonds is 6. The van der Waals surface area contributed by atoms with Crippen molar-refractivity contribution in [3.8, 4) is 0 Å². The molecule has 0 aromatic heterocycles. The standard InChI is InChI=1S/C17H33N3/c1-2-8-18-16-4-3-5-17(13-16)20-11-9-19(10-12-20)14-15-6-7-15/h15-18H,2-14H2,1H3. The molecule has 0 aromatic carbocycles. The van der Waals surface area contributed by atoms with Crippen molar-refractivity contribution in [3.63, 3.8) is 0 Å². The second kappa shape index (κ2) is 7.24. The van der Waals surface area contributed by atoms with Crippen molar-refractivity contribution in [3.05, 3.63) is 0 Å². The molecule has 0 spiro atoms. The molecule has 0 bridgehead atoms. The number of hydrogen-bond donors (Lipinski definition) is 1. The Morgan fingerprint density at radius 1 is 1.00 bits per heavy atom. The van der Waals surface area contributed by atoms with E-state index in [0.717, 1.165) is 18.0 Å². The van der Waals surface area contributed by atoms with E-state index in [0.29, 0.717) is 0 Å². The Hall–Kier alpha value is -0.120. The maximum Gasteiger partial charge on any atom is 0.0113 e. The van der Waals surface area contributed by atoms with Gasteiger partial charge in [-0.05, 0) is 51.0 Å². The van der Waals surface area contributed by atoms with Crippen LogP contribution in [0.15, 0.2) is 0 Å². The molecule has 3 fully saturated rings. The molecule has 1 N–H and O–H groups in total. The van der Waals surface area contributed by atoms with E-state index in [4.69, 9.17) is 0 Å². The Bertz CT molecular complexity index is 282. The predicted molar refractivity (Wildman–Crippen MR) is 85.1 cm³/mol. The molecule has 2 atom stereocenters. The van der Waals surface area contributed by atoms with Crippen molar-refractivity contribution in [2.24, 2.45) is 5.92 Å². The monoisotopic (exact) mass is 279 g/mol. The fourth-order valence-corrected chi connectivity index (χ4v) is 4.01. The Morgan fingerprint density at radius 3 is 2.50 bits per heavy atom. The van der Waals surface area contributed by atoms with E-state index in [1.54, 1.807) is 0 Å². The van der Waals surface area contributed by atoms with Gasteiger partial charge in [-0.3, -0.25) is 4.90 Å². The Kier molecular flexibility index (Phi) is 5.36. The van der Waals surface area contributed by atoms with Crippen LogP contribution in [-0.4, -0.2) is 61.2 Å². The van der Waals surface area contributed by atoms with Crippen LogP contribution in [0.4, 0.5) is 0 Å². The molecule has 0 amide bonds. The average Bonchev–Trinajstić information content (AvgIpc) is 3.30. The average molecular weight is 279 g/mol. The molecule has 0 radical (unpaired) electrons. The molecular weight excluding hydrogens is 246 g/mol. The summed E-state index contributed by atoms with van der Waals surface area (Å²) >= 11 is 0. The van der Waals surface area contributed by atoms with Gasteiger partial charge in [0.2, 0.25) is 0 Å². The maximum atomic E-state index is 3.75. The molecular formula is C17H33N3. The molecule has 2 saturated carbocycles. The van der Waals surface area contributed by atoms with Gasteiger partial charge in [0.25, 0.3) is 0 Å². The highest BCUT2D eigenvalue weighted by Gasteiger charge is 2.30. The first-order valence-corrected chi connectivity index (χ1v) is 9.05. The molecule has 116 valence electrons. The van der Waals surface area contributed by atoms with Crippen LogP contribution < -0.4 is 5.32 Å². The first-order valence-electron chi connectivity index (χ1n) is 9.05. The van der Waals surface area contributed by atoms with Gasteiger partial charge in [0.15, 0.2) is 0 Å². The number of nitrogens with zero attached hydrogens (tertiary/aromatic N) is 2. The molecule has 20 heavy (non-hydrogen) atoms. The van der Waals surface area contributed by atoms with Gasteiger partial charge in [-0.25, -0.2) is 0 Å². The minimum atomic E-state index is 0.790. The smallest absolute Gasteiger partial charge is 0.0113 e. The van der Waals surface area contributed by atoms with Crippen LogP contribution in [0.5, 0.6) is 0 Å². The minimum absolute atomic E-state index is 0.790. The Labute approximate surface area is 125 Å². The third kappa shape index (κ3) is 4.19. The van der Waals surface area contributed by atoms with Gasteiger partial charge in [0, 0.05) is 44.8 Å². The fraction of sp³-hybridized carbons (Fsp3) is 1.00. The van der Waals surface area contributed by atoms with E-state index < -0.39 is 0 Å². The summed E-state index contributed by atoms with van der Waals surface area (Å²) in [6, 6.07) is 1.65. The summed E-state index contributed by atoms with van der Waals surface area (Å²) < 4.78 is 0. The summed E-state index contributed by atoms with van der Waals surface area (Å²) in [5.41, 5.74) is 0. The molecule has 1 saturated heterocycles. The zero-order valence-corrected chi connectivity index (χ0v) is 13.3. The second-order valence-corrected chi connectivity index (χ2v) is 7.25. The van der Waals surface area contributed by atoms with Gasteiger partial charge < -0.3 is 10.2 Å². The Balaban J connectivity index is 1.40. The van der Waals surface area contributed by atoms with E-state index in [9.17, 15) is 0 Å². The van der Waals surface area contributed by atoms with Crippen LogP contribution in [-0.2, 0) is 0 Å². The van der Waals surface area contributed by atoms with E-state index >= 15 is 0 Å².